The molecule has 168 valence electrons. The van der Waals surface area contributed by atoms with Crippen molar-refractivity contribution in [1.29, 1.82) is 0 Å². The third-order valence-corrected chi connectivity index (χ3v) is 5.34. The maximum atomic E-state index is 5.86. The average Bonchev–Trinajstić information content (AvgIpc) is 3.23. The molecule has 0 amide bonds. The summed E-state index contributed by atoms with van der Waals surface area (Å²) < 4.78 is 13.0. The third kappa shape index (κ3) is 5.85. The van der Waals surface area contributed by atoms with E-state index in [9.17, 15) is 0 Å². The number of hydrogen-bond donors (Lipinski definition) is 2. The second-order valence-electron chi connectivity index (χ2n) is 7.79. The van der Waals surface area contributed by atoms with Gasteiger partial charge in [-0.25, -0.2) is 9.67 Å². The minimum atomic E-state index is 0.247. The van der Waals surface area contributed by atoms with E-state index in [1.807, 2.05) is 35.0 Å². The fourth-order valence-electron chi connectivity index (χ4n) is 3.76. The van der Waals surface area contributed by atoms with E-state index >= 15 is 0 Å². The molecule has 1 aromatic heterocycles. The number of para-hydroxylation sites is 1. The first-order chi connectivity index (χ1) is 15.7. The Hall–Kier alpha value is -3.39. The van der Waals surface area contributed by atoms with Crippen LogP contribution in [0.4, 0.5) is 0 Å². The number of methoxy groups -OCH3 is 1. The lowest BCUT2D eigenvalue weighted by molar-refractivity contribution is 0.177. The molecular weight excluding hydrogens is 404 g/mol. The smallest absolute Gasteiger partial charge is 0.191 e. The number of nitrogens with one attached hydrogen (secondary N) is 2. The molecule has 0 fully saturated rings. The van der Waals surface area contributed by atoms with Gasteiger partial charge in [0, 0.05) is 33.2 Å². The molecule has 0 bridgehead atoms. The summed E-state index contributed by atoms with van der Waals surface area (Å²) in [5, 5.41) is 11.5. The molecule has 1 atom stereocenters. The molecule has 32 heavy (non-hydrogen) atoms. The molecule has 2 aromatic carbocycles. The van der Waals surface area contributed by atoms with Crippen molar-refractivity contribution in [3.8, 4) is 5.75 Å². The summed E-state index contributed by atoms with van der Waals surface area (Å²) in [4.78, 5) is 8.93. The Bertz CT molecular complexity index is 1030. The summed E-state index contributed by atoms with van der Waals surface area (Å²) in [6.07, 6.45) is 1.87. The number of aryl methyl sites for hydroxylation is 1. The molecule has 2 N–H and O–H groups in total. The van der Waals surface area contributed by atoms with Crippen LogP contribution in [-0.2, 0) is 37.5 Å². The molecule has 0 radical (unpaired) electrons. The Balaban J connectivity index is 1.28. The summed E-state index contributed by atoms with van der Waals surface area (Å²) in [6, 6.07) is 18.5. The van der Waals surface area contributed by atoms with E-state index in [-0.39, 0.29) is 6.04 Å². The Morgan fingerprint density at radius 2 is 1.97 bits per heavy atom. The Morgan fingerprint density at radius 1 is 1.12 bits per heavy atom. The number of ether oxygens (including phenoxy) is 2. The van der Waals surface area contributed by atoms with Crippen molar-refractivity contribution in [2.24, 2.45) is 4.99 Å². The van der Waals surface area contributed by atoms with Crippen molar-refractivity contribution < 1.29 is 9.47 Å². The van der Waals surface area contributed by atoms with Gasteiger partial charge in [-0.1, -0.05) is 42.5 Å². The Labute approximate surface area is 188 Å². The molecule has 4 rings (SSSR count). The van der Waals surface area contributed by atoms with E-state index in [0.717, 1.165) is 48.3 Å². The molecule has 2 heterocycles. The lowest BCUT2D eigenvalue weighted by Crippen LogP contribution is -2.46. The maximum Gasteiger partial charge on any atom is 0.191 e. The molecule has 0 saturated heterocycles. The van der Waals surface area contributed by atoms with Crippen LogP contribution in [0.1, 0.15) is 29.2 Å². The van der Waals surface area contributed by atoms with Gasteiger partial charge in [0.15, 0.2) is 11.8 Å². The van der Waals surface area contributed by atoms with Gasteiger partial charge in [-0.3, -0.25) is 4.99 Å². The van der Waals surface area contributed by atoms with Gasteiger partial charge in [0.05, 0.1) is 6.54 Å². The fourth-order valence-corrected chi connectivity index (χ4v) is 3.76. The summed E-state index contributed by atoms with van der Waals surface area (Å²) in [7, 11) is 3.45. The monoisotopic (exact) mass is 434 g/mol. The van der Waals surface area contributed by atoms with Crippen LogP contribution in [0.15, 0.2) is 59.6 Å². The summed E-state index contributed by atoms with van der Waals surface area (Å²) in [5.74, 6) is 3.41. The SMILES string of the molecule is CN=C(NCc1cccc(COc2ccccc2)c1)NC1CCc2nc(COC)nn2C1. The first-order valence-electron chi connectivity index (χ1n) is 10.9. The van der Waals surface area contributed by atoms with Crippen molar-refractivity contribution >= 4 is 5.96 Å². The molecule has 1 aliphatic rings. The van der Waals surface area contributed by atoms with Gasteiger partial charge in [-0.15, -0.1) is 0 Å². The highest BCUT2D eigenvalue weighted by Crippen LogP contribution is 2.14. The van der Waals surface area contributed by atoms with Crippen molar-refractivity contribution in [2.45, 2.75) is 45.2 Å². The molecule has 0 aliphatic carbocycles. The third-order valence-electron chi connectivity index (χ3n) is 5.34. The predicted molar refractivity (Wildman–Crippen MR) is 123 cm³/mol. The van der Waals surface area contributed by atoms with Crippen LogP contribution in [0.3, 0.4) is 0 Å². The molecular formula is C24H30N6O2. The Morgan fingerprint density at radius 3 is 2.78 bits per heavy atom. The zero-order valence-electron chi connectivity index (χ0n) is 18.6. The van der Waals surface area contributed by atoms with E-state index in [2.05, 4.69) is 50.0 Å². The summed E-state index contributed by atoms with van der Waals surface area (Å²) >= 11 is 0. The van der Waals surface area contributed by atoms with Crippen molar-refractivity contribution in [2.75, 3.05) is 14.2 Å². The van der Waals surface area contributed by atoms with Crippen molar-refractivity contribution in [1.82, 2.24) is 25.4 Å². The predicted octanol–water partition coefficient (Wildman–Crippen LogP) is 2.68. The molecule has 0 spiro atoms. The molecule has 8 nitrogen and oxygen atoms in total. The number of benzene rings is 2. The average molecular weight is 435 g/mol. The number of rotatable bonds is 8. The molecule has 8 heteroatoms. The molecule has 1 unspecified atom stereocenters. The zero-order chi connectivity index (χ0) is 22.2. The van der Waals surface area contributed by atoms with E-state index < -0.39 is 0 Å². The molecule has 1 aliphatic heterocycles. The van der Waals surface area contributed by atoms with Crippen molar-refractivity contribution in [3.63, 3.8) is 0 Å². The molecule has 0 saturated carbocycles. The largest absolute Gasteiger partial charge is 0.489 e. The number of aliphatic imine (C=N–C) groups is 1. The van der Waals surface area contributed by atoms with E-state index in [0.29, 0.717) is 19.8 Å². The van der Waals surface area contributed by atoms with Crippen LogP contribution >= 0.6 is 0 Å². The lowest BCUT2D eigenvalue weighted by atomic mass is 10.1. The van der Waals surface area contributed by atoms with Crippen molar-refractivity contribution in [3.05, 3.63) is 77.4 Å². The first-order valence-corrected chi connectivity index (χ1v) is 10.9. The lowest BCUT2D eigenvalue weighted by Gasteiger charge is -2.25. The highest BCUT2D eigenvalue weighted by atomic mass is 16.5. The van der Waals surface area contributed by atoms with Gasteiger partial charge in [-0.2, -0.15) is 5.10 Å². The van der Waals surface area contributed by atoms with Gasteiger partial charge in [0.2, 0.25) is 0 Å². The Kier molecular flexibility index (Phi) is 7.34. The van der Waals surface area contributed by atoms with Crippen LogP contribution in [0.25, 0.3) is 0 Å². The first kappa shape index (κ1) is 21.8. The maximum absolute atomic E-state index is 5.86. The van der Waals surface area contributed by atoms with Crippen LogP contribution in [0.5, 0.6) is 5.75 Å². The van der Waals surface area contributed by atoms with E-state index in [1.54, 1.807) is 14.2 Å². The van der Waals surface area contributed by atoms with Crippen LogP contribution < -0.4 is 15.4 Å². The number of nitrogens with zero attached hydrogens (tertiary/aromatic N) is 4. The number of aromatic nitrogens is 3. The van der Waals surface area contributed by atoms with Gasteiger partial charge >= 0.3 is 0 Å². The number of hydrogen-bond acceptors (Lipinski definition) is 5. The topological polar surface area (TPSA) is 85.6 Å². The number of guanidine groups is 1. The van der Waals surface area contributed by atoms with E-state index in [1.165, 1.54) is 5.56 Å². The van der Waals surface area contributed by atoms with Gasteiger partial charge < -0.3 is 20.1 Å². The standard InChI is InChI=1S/C24H30N6O2/c1-25-24(27-20-11-12-23-28-22(17-31-2)29-30(23)15-20)26-14-18-7-6-8-19(13-18)16-32-21-9-4-3-5-10-21/h3-10,13,20H,11-12,14-17H2,1-2H3,(H2,25,26,27). The fraction of sp³-hybridized carbons (Fsp3) is 0.375. The summed E-state index contributed by atoms with van der Waals surface area (Å²) in [6.45, 7) is 2.42. The minimum absolute atomic E-state index is 0.247. The van der Waals surface area contributed by atoms with Gasteiger partial charge in [0.25, 0.3) is 0 Å². The molecule has 3 aromatic rings. The zero-order valence-corrected chi connectivity index (χ0v) is 18.6. The van der Waals surface area contributed by atoms with Gasteiger partial charge in [0.1, 0.15) is 24.8 Å². The second kappa shape index (κ2) is 10.8. The van der Waals surface area contributed by atoms with Crippen LogP contribution in [0, 0.1) is 0 Å². The van der Waals surface area contributed by atoms with E-state index in [4.69, 9.17) is 9.47 Å². The summed E-state index contributed by atoms with van der Waals surface area (Å²) in [5.41, 5.74) is 2.31. The van der Waals surface area contributed by atoms with Gasteiger partial charge in [-0.05, 0) is 29.7 Å². The second-order valence-corrected chi connectivity index (χ2v) is 7.79. The van der Waals surface area contributed by atoms with Crippen LogP contribution in [-0.4, -0.2) is 40.9 Å². The quantitative estimate of drug-likeness (QED) is 0.419. The normalized spacial score (nSPS) is 15.8. The minimum Gasteiger partial charge on any atom is -0.489 e. The highest BCUT2D eigenvalue weighted by molar-refractivity contribution is 5.79. The highest BCUT2D eigenvalue weighted by Gasteiger charge is 2.22. The number of fused-ring (bicyclic) bond motifs is 1. The van der Waals surface area contributed by atoms with Crippen LogP contribution in [0.2, 0.25) is 0 Å².